The summed E-state index contributed by atoms with van der Waals surface area (Å²) in [6.07, 6.45) is 0. The van der Waals surface area contributed by atoms with Crippen molar-refractivity contribution >= 4 is 38.9 Å². The summed E-state index contributed by atoms with van der Waals surface area (Å²) in [7, 11) is 1.70. The first kappa shape index (κ1) is 14.9. The highest BCUT2D eigenvalue weighted by Gasteiger charge is 2.23. The van der Waals surface area contributed by atoms with Gasteiger partial charge in [-0.2, -0.15) is 0 Å². The van der Waals surface area contributed by atoms with Crippen LogP contribution in [0.15, 0.2) is 22.0 Å². The Kier molecular flexibility index (Phi) is 4.59. The van der Waals surface area contributed by atoms with Crippen LogP contribution in [0.5, 0.6) is 5.75 Å². The second-order valence-corrected chi connectivity index (χ2v) is 6.82. The molecule has 1 aromatic carbocycles. The molecule has 0 aliphatic rings. The number of hydrogen-bond acceptors (Lipinski definition) is 2. The topological polar surface area (TPSA) is 9.23 Å². The fourth-order valence-corrected chi connectivity index (χ4v) is 4.28. The largest absolute Gasteiger partial charge is 0.496 e. The van der Waals surface area contributed by atoms with Crippen LogP contribution in [0.3, 0.4) is 0 Å². The zero-order valence-electron chi connectivity index (χ0n) is 11.4. The van der Waals surface area contributed by atoms with Crippen LogP contribution in [0.4, 0.5) is 0 Å². The maximum atomic E-state index is 6.72. The molecule has 1 heterocycles. The molecule has 0 saturated heterocycles. The van der Waals surface area contributed by atoms with E-state index in [9.17, 15) is 0 Å². The van der Waals surface area contributed by atoms with Crippen molar-refractivity contribution in [3.05, 3.63) is 49.1 Å². The van der Waals surface area contributed by atoms with Gasteiger partial charge >= 0.3 is 0 Å². The molecule has 1 atom stereocenters. The summed E-state index contributed by atoms with van der Waals surface area (Å²) in [4.78, 5) is 1.18. The molecule has 0 saturated carbocycles. The van der Waals surface area contributed by atoms with Gasteiger partial charge in [0.05, 0.1) is 12.5 Å². The van der Waals surface area contributed by atoms with Crippen LogP contribution in [0.1, 0.15) is 32.5 Å². The first-order valence-corrected chi connectivity index (χ1v) is 8.10. The minimum Gasteiger partial charge on any atom is -0.496 e. The number of methoxy groups -OCH3 is 1. The van der Waals surface area contributed by atoms with E-state index in [0.717, 1.165) is 26.9 Å². The van der Waals surface area contributed by atoms with Crippen LogP contribution in [0, 0.1) is 20.8 Å². The molecule has 1 unspecified atom stereocenters. The predicted molar refractivity (Wildman–Crippen MR) is 86.9 cm³/mol. The average Bonchev–Trinajstić information content (AvgIpc) is 2.79. The first-order chi connectivity index (χ1) is 8.97. The minimum atomic E-state index is -0.175. The van der Waals surface area contributed by atoms with Gasteiger partial charge in [0.25, 0.3) is 0 Å². The second-order valence-electron chi connectivity index (χ2n) is 4.58. The van der Waals surface area contributed by atoms with Crippen LogP contribution in [0.25, 0.3) is 0 Å². The molecule has 19 heavy (non-hydrogen) atoms. The SMILES string of the molecule is COc1c(C)cc(Br)c(C)c1C(Cl)c1sccc1C. The molecule has 0 aliphatic carbocycles. The zero-order chi connectivity index (χ0) is 14.2. The number of rotatable bonds is 3. The molecular weight excluding hydrogens is 344 g/mol. The highest BCUT2D eigenvalue weighted by molar-refractivity contribution is 9.10. The number of ether oxygens (including phenoxy) is 1. The summed E-state index contributed by atoms with van der Waals surface area (Å²) in [5, 5.41) is 1.90. The molecule has 2 aromatic rings. The normalized spacial score (nSPS) is 12.5. The van der Waals surface area contributed by atoms with Gasteiger partial charge in [0.2, 0.25) is 0 Å². The Bertz CT molecular complexity index is 606. The minimum absolute atomic E-state index is 0.175. The van der Waals surface area contributed by atoms with Crippen molar-refractivity contribution in [2.75, 3.05) is 7.11 Å². The fraction of sp³-hybridized carbons (Fsp3) is 0.333. The molecular formula is C15H16BrClOS. The maximum absolute atomic E-state index is 6.72. The van der Waals surface area contributed by atoms with E-state index in [4.69, 9.17) is 16.3 Å². The molecule has 0 amide bonds. The van der Waals surface area contributed by atoms with Crippen molar-refractivity contribution in [1.82, 2.24) is 0 Å². The third-order valence-corrected chi connectivity index (χ3v) is 5.77. The number of thiophene rings is 1. The van der Waals surface area contributed by atoms with E-state index in [2.05, 4.69) is 47.3 Å². The summed E-state index contributed by atoms with van der Waals surface area (Å²) >= 11 is 12.0. The maximum Gasteiger partial charge on any atom is 0.127 e. The standard InChI is InChI=1S/C15H16BrClOS/c1-8-5-6-19-15(8)13(17)12-10(3)11(16)7-9(2)14(12)18-4/h5-7,13H,1-4H3. The van der Waals surface area contributed by atoms with Crippen molar-refractivity contribution < 1.29 is 4.74 Å². The van der Waals surface area contributed by atoms with E-state index in [0.29, 0.717) is 0 Å². The van der Waals surface area contributed by atoms with Gasteiger partial charge in [0, 0.05) is 14.9 Å². The highest BCUT2D eigenvalue weighted by Crippen LogP contribution is 2.44. The van der Waals surface area contributed by atoms with E-state index < -0.39 is 0 Å². The van der Waals surface area contributed by atoms with Crippen LogP contribution < -0.4 is 4.74 Å². The van der Waals surface area contributed by atoms with Crippen molar-refractivity contribution in [2.24, 2.45) is 0 Å². The number of benzene rings is 1. The fourth-order valence-electron chi connectivity index (χ4n) is 2.23. The quantitative estimate of drug-likeness (QED) is 0.632. The molecule has 4 heteroatoms. The van der Waals surface area contributed by atoms with Crippen LogP contribution in [-0.4, -0.2) is 7.11 Å². The first-order valence-electron chi connectivity index (χ1n) is 5.99. The Hall–Kier alpha value is -0.510. The summed E-state index contributed by atoms with van der Waals surface area (Å²) in [6, 6.07) is 4.17. The number of alkyl halides is 1. The van der Waals surface area contributed by atoms with Gasteiger partial charge in [-0.3, -0.25) is 0 Å². The van der Waals surface area contributed by atoms with E-state index in [1.807, 2.05) is 6.92 Å². The number of halogens is 2. The van der Waals surface area contributed by atoms with Crippen molar-refractivity contribution in [2.45, 2.75) is 26.1 Å². The van der Waals surface area contributed by atoms with Crippen molar-refractivity contribution in [1.29, 1.82) is 0 Å². The average molecular weight is 360 g/mol. The monoisotopic (exact) mass is 358 g/mol. The lowest BCUT2D eigenvalue weighted by Gasteiger charge is -2.20. The molecule has 0 bridgehead atoms. The van der Waals surface area contributed by atoms with Gasteiger partial charge in [0.1, 0.15) is 5.75 Å². The Morgan fingerprint density at radius 1 is 1.26 bits per heavy atom. The third kappa shape index (κ3) is 2.69. The van der Waals surface area contributed by atoms with Gasteiger partial charge in [-0.15, -0.1) is 22.9 Å². The molecule has 0 aliphatic heterocycles. The molecule has 0 fully saturated rings. The summed E-state index contributed by atoms with van der Waals surface area (Å²) in [5.74, 6) is 0.883. The summed E-state index contributed by atoms with van der Waals surface area (Å²) in [5.41, 5.74) is 4.51. The van der Waals surface area contributed by atoms with Gasteiger partial charge in [-0.05, 0) is 55.0 Å². The Balaban J connectivity index is 2.64. The van der Waals surface area contributed by atoms with Gasteiger partial charge in [-0.1, -0.05) is 15.9 Å². The number of hydrogen-bond donors (Lipinski definition) is 0. The highest BCUT2D eigenvalue weighted by atomic mass is 79.9. The van der Waals surface area contributed by atoms with E-state index in [-0.39, 0.29) is 5.38 Å². The molecule has 1 aromatic heterocycles. The van der Waals surface area contributed by atoms with Crippen LogP contribution in [0.2, 0.25) is 0 Å². The Morgan fingerprint density at radius 2 is 1.95 bits per heavy atom. The molecule has 2 rings (SSSR count). The Labute approximate surface area is 131 Å². The van der Waals surface area contributed by atoms with E-state index in [1.165, 1.54) is 10.4 Å². The molecule has 0 spiro atoms. The molecule has 0 radical (unpaired) electrons. The van der Waals surface area contributed by atoms with Crippen molar-refractivity contribution in [3.8, 4) is 5.75 Å². The molecule has 102 valence electrons. The smallest absolute Gasteiger partial charge is 0.127 e. The van der Waals surface area contributed by atoms with Gasteiger partial charge in [-0.25, -0.2) is 0 Å². The summed E-state index contributed by atoms with van der Waals surface area (Å²) < 4.78 is 6.64. The molecule has 0 N–H and O–H groups in total. The molecule has 1 nitrogen and oxygen atoms in total. The van der Waals surface area contributed by atoms with Gasteiger partial charge in [0.15, 0.2) is 0 Å². The van der Waals surface area contributed by atoms with Crippen molar-refractivity contribution in [3.63, 3.8) is 0 Å². The van der Waals surface area contributed by atoms with Gasteiger partial charge < -0.3 is 4.74 Å². The second kappa shape index (κ2) is 5.86. The van der Waals surface area contributed by atoms with Crippen LogP contribution in [-0.2, 0) is 0 Å². The van der Waals surface area contributed by atoms with Crippen LogP contribution >= 0.6 is 38.9 Å². The lowest BCUT2D eigenvalue weighted by molar-refractivity contribution is 0.406. The Morgan fingerprint density at radius 3 is 2.47 bits per heavy atom. The van der Waals surface area contributed by atoms with E-state index >= 15 is 0 Å². The number of aryl methyl sites for hydroxylation is 2. The lowest BCUT2D eigenvalue weighted by Crippen LogP contribution is -2.02. The zero-order valence-corrected chi connectivity index (χ0v) is 14.5. The van der Waals surface area contributed by atoms with E-state index in [1.54, 1.807) is 18.4 Å². The predicted octanol–water partition coefficient (Wildman–Crippen LogP) is 5.77. The summed E-state index contributed by atoms with van der Waals surface area (Å²) in [6.45, 7) is 6.20. The lowest BCUT2D eigenvalue weighted by atomic mass is 9.99. The third-order valence-electron chi connectivity index (χ3n) is 3.30.